The lowest BCUT2D eigenvalue weighted by atomic mass is 9.65. The largest absolute Gasteiger partial charge is 0.340 e. The summed E-state index contributed by atoms with van der Waals surface area (Å²) in [5.41, 5.74) is 7.65. The Hall–Kier alpha value is -1.46. The van der Waals surface area contributed by atoms with Crippen LogP contribution >= 0.6 is 0 Å². The number of piperazine rings is 1. The molecule has 2 bridgehead atoms. The number of amides is 1. The molecule has 3 fully saturated rings. The van der Waals surface area contributed by atoms with Crippen molar-refractivity contribution in [2.24, 2.45) is 23.5 Å². The Kier molecular flexibility index (Phi) is 5.28. The summed E-state index contributed by atoms with van der Waals surface area (Å²) >= 11 is 0. The molecule has 1 amide bonds. The van der Waals surface area contributed by atoms with Gasteiger partial charge in [0.15, 0.2) is 0 Å². The van der Waals surface area contributed by atoms with Crippen LogP contribution in [0.5, 0.6) is 0 Å². The molecule has 2 aliphatic carbocycles. The van der Waals surface area contributed by atoms with E-state index in [1.165, 1.54) is 24.8 Å². The Balaban J connectivity index is 1.32. The van der Waals surface area contributed by atoms with Crippen LogP contribution in [0.2, 0.25) is 0 Å². The summed E-state index contributed by atoms with van der Waals surface area (Å²) in [5, 5.41) is 0. The first kappa shape index (κ1) is 17.9. The van der Waals surface area contributed by atoms with Gasteiger partial charge in [0.2, 0.25) is 5.91 Å². The van der Waals surface area contributed by atoms with Crippen LogP contribution in [-0.2, 0) is 4.79 Å². The molecule has 4 rings (SSSR count). The van der Waals surface area contributed by atoms with Gasteiger partial charge in [-0.2, -0.15) is 0 Å². The molecular weight excluding hydrogens is 324 g/mol. The van der Waals surface area contributed by atoms with Crippen LogP contribution in [-0.4, -0.2) is 52.9 Å². The smallest absolute Gasteiger partial charge is 0.225 e. The molecule has 1 aliphatic heterocycles. The highest BCUT2D eigenvalue weighted by atomic mass is 16.2. The average molecular weight is 357 g/mol. The van der Waals surface area contributed by atoms with Crippen molar-refractivity contribution in [1.82, 2.24) is 14.8 Å². The summed E-state index contributed by atoms with van der Waals surface area (Å²) in [4.78, 5) is 21.9. The lowest BCUT2D eigenvalue weighted by Crippen LogP contribution is -2.53. The molecule has 1 aromatic heterocycles. The zero-order valence-corrected chi connectivity index (χ0v) is 15.9. The fourth-order valence-electron chi connectivity index (χ4n) is 5.41. The van der Waals surface area contributed by atoms with Crippen molar-refractivity contribution >= 4 is 5.91 Å². The van der Waals surface area contributed by atoms with Crippen molar-refractivity contribution < 1.29 is 4.79 Å². The van der Waals surface area contributed by atoms with Crippen molar-refractivity contribution in [2.75, 3.05) is 26.2 Å². The van der Waals surface area contributed by atoms with Crippen LogP contribution in [0.4, 0.5) is 0 Å². The number of carbonyl (C=O) groups excluding carboxylic acids is 1. The van der Waals surface area contributed by atoms with Crippen LogP contribution in [0.25, 0.3) is 0 Å². The summed E-state index contributed by atoms with van der Waals surface area (Å²) in [7, 11) is 0. The molecule has 3 aliphatic rings. The van der Waals surface area contributed by atoms with E-state index in [4.69, 9.17) is 5.73 Å². The number of hydrogen-bond acceptors (Lipinski definition) is 4. The lowest BCUT2D eigenvalue weighted by Gasteiger charge is -2.45. The van der Waals surface area contributed by atoms with Crippen molar-refractivity contribution in [3.05, 3.63) is 30.1 Å². The van der Waals surface area contributed by atoms with Gasteiger partial charge < -0.3 is 10.6 Å². The fourth-order valence-corrected chi connectivity index (χ4v) is 5.41. The topological polar surface area (TPSA) is 62.5 Å². The third kappa shape index (κ3) is 3.52. The predicted octanol–water partition coefficient (Wildman–Crippen LogP) is 2.44. The molecule has 1 saturated heterocycles. The van der Waals surface area contributed by atoms with Crippen molar-refractivity contribution in [3.8, 4) is 0 Å². The second kappa shape index (κ2) is 7.65. The monoisotopic (exact) mass is 356 g/mol. The maximum absolute atomic E-state index is 13.1. The molecule has 2 saturated carbocycles. The zero-order chi connectivity index (χ0) is 18.1. The number of pyridine rings is 1. The number of rotatable bonds is 3. The summed E-state index contributed by atoms with van der Waals surface area (Å²) in [6.45, 7) is 5.82. The molecule has 5 nitrogen and oxygen atoms in total. The van der Waals surface area contributed by atoms with E-state index in [0.717, 1.165) is 39.0 Å². The Morgan fingerprint density at radius 2 is 1.88 bits per heavy atom. The van der Waals surface area contributed by atoms with Crippen LogP contribution in [0.3, 0.4) is 0 Å². The molecule has 3 unspecified atom stereocenters. The molecule has 0 aromatic carbocycles. The molecule has 142 valence electrons. The first-order valence-electron chi connectivity index (χ1n) is 10.3. The third-order valence-electron chi connectivity index (χ3n) is 7.10. The van der Waals surface area contributed by atoms with Crippen LogP contribution in [0, 0.1) is 17.8 Å². The Morgan fingerprint density at radius 3 is 2.50 bits per heavy atom. The van der Waals surface area contributed by atoms with E-state index in [0.29, 0.717) is 29.8 Å². The summed E-state index contributed by atoms with van der Waals surface area (Å²) in [5.74, 6) is 1.75. The van der Waals surface area contributed by atoms with E-state index < -0.39 is 0 Å². The van der Waals surface area contributed by atoms with Gasteiger partial charge in [0, 0.05) is 56.6 Å². The van der Waals surface area contributed by atoms with Gasteiger partial charge in [0.25, 0.3) is 0 Å². The summed E-state index contributed by atoms with van der Waals surface area (Å²) in [6.07, 6.45) is 9.54. The van der Waals surface area contributed by atoms with E-state index in [9.17, 15) is 4.79 Å². The lowest BCUT2D eigenvalue weighted by molar-refractivity contribution is -0.140. The van der Waals surface area contributed by atoms with Crippen LogP contribution in [0.15, 0.2) is 24.5 Å². The summed E-state index contributed by atoms with van der Waals surface area (Å²) in [6, 6.07) is 4.83. The minimum Gasteiger partial charge on any atom is -0.340 e. The minimum atomic E-state index is 0.215. The van der Waals surface area contributed by atoms with E-state index in [2.05, 4.69) is 27.8 Å². The van der Waals surface area contributed by atoms with Gasteiger partial charge in [-0.3, -0.25) is 14.7 Å². The molecular formula is C21H32N4O. The number of nitrogens with two attached hydrogens (primary N) is 1. The van der Waals surface area contributed by atoms with Gasteiger partial charge in [-0.1, -0.05) is 12.5 Å². The molecule has 3 atom stereocenters. The maximum atomic E-state index is 13.1. The van der Waals surface area contributed by atoms with Gasteiger partial charge in [0.1, 0.15) is 0 Å². The van der Waals surface area contributed by atoms with Gasteiger partial charge >= 0.3 is 0 Å². The normalized spacial score (nSPS) is 33.7. The Labute approximate surface area is 156 Å². The predicted molar refractivity (Wildman–Crippen MR) is 102 cm³/mol. The molecule has 2 heterocycles. The zero-order valence-electron chi connectivity index (χ0n) is 15.9. The number of fused-ring (bicyclic) bond motifs is 2. The molecule has 5 heteroatoms. The highest BCUT2D eigenvalue weighted by Gasteiger charge is 2.42. The van der Waals surface area contributed by atoms with E-state index in [-0.39, 0.29) is 5.92 Å². The van der Waals surface area contributed by atoms with Crippen molar-refractivity contribution in [2.45, 2.75) is 51.1 Å². The van der Waals surface area contributed by atoms with Gasteiger partial charge in [-0.15, -0.1) is 0 Å². The first-order chi connectivity index (χ1) is 12.6. The summed E-state index contributed by atoms with van der Waals surface area (Å²) < 4.78 is 0. The molecule has 0 radical (unpaired) electrons. The van der Waals surface area contributed by atoms with Crippen molar-refractivity contribution in [3.63, 3.8) is 0 Å². The Morgan fingerprint density at radius 1 is 1.19 bits per heavy atom. The van der Waals surface area contributed by atoms with Crippen LogP contribution in [0.1, 0.15) is 50.6 Å². The van der Waals surface area contributed by atoms with Gasteiger partial charge in [-0.25, -0.2) is 0 Å². The average Bonchev–Trinajstić information content (AvgIpc) is 2.67. The quantitative estimate of drug-likeness (QED) is 0.904. The fraction of sp³-hybridized carbons (Fsp3) is 0.714. The number of aromatic nitrogens is 1. The highest BCUT2D eigenvalue weighted by molar-refractivity contribution is 5.79. The van der Waals surface area contributed by atoms with Crippen LogP contribution < -0.4 is 5.73 Å². The standard InChI is InChI=1S/C21H32N4O/c1-15(18-6-3-7-23-14-18)24-8-10-25(11-9-24)21(26)19-12-16-4-2-5-17(13-19)20(16)22/h3,6-7,14-17,19-20H,2,4-5,8-13,22H2,1H3. The molecule has 2 N–H and O–H groups in total. The SMILES string of the molecule is CC(c1cccnc1)N1CCN(C(=O)C2CC3CCCC(C2)C3N)CC1. The Bertz CT molecular complexity index is 600. The van der Waals surface area contributed by atoms with E-state index >= 15 is 0 Å². The molecule has 26 heavy (non-hydrogen) atoms. The first-order valence-corrected chi connectivity index (χ1v) is 10.3. The highest BCUT2D eigenvalue weighted by Crippen LogP contribution is 2.42. The number of carbonyl (C=O) groups is 1. The molecule has 1 aromatic rings. The minimum absolute atomic E-state index is 0.215. The van der Waals surface area contributed by atoms with E-state index in [1.54, 1.807) is 0 Å². The number of nitrogens with zero attached hydrogens (tertiary/aromatic N) is 3. The van der Waals surface area contributed by atoms with Gasteiger partial charge in [-0.05, 0) is 56.1 Å². The van der Waals surface area contributed by atoms with E-state index in [1.807, 2.05) is 18.5 Å². The second-order valence-corrected chi connectivity index (χ2v) is 8.52. The maximum Gasteiger partial charge on any atom is 0.225 e. The molecule has 0 spiro atoms. The number of hydrogen-bond donors (Lipinski definition) is 1. The van der Waals surface area contributed by atoms with Gasteiger partial charge in [0.05, 0.1) is 0 Å². The second-order valence-electron chi connectivity index (χ2n) is 8.52. The third-order valence-corrected chi connectivity index (χ3v) is 7.10. The van der Waals surface area contributed by atoms with Crippen molar-refractivity contribution in [1.29, 1.82) is 0 Å².